The van der Waals surface area contributed by atoms with Crippen molar-refractivity contribution in [3.8, 4) is 0 Å². The lowest BCUT2D eigenvalue weighted by atomic mass is 9.99. The van der Waals surface area contributed by atoms with E-state index in [1.807, 2.05) is 19.2 Å². The molecule has 1 saturated heterocycles. The molecule has 2 atom stereocenters. The van der Waals surface area contributed by atoms with Gasteiger partial charge in [-0.25, -0.2) is 9.78 Å². The predicted octanol–water partition coefficient (Wildman–Crippen LogP) is 2.06. The van der Waals surface area contributed by atoms with Crippen molar-refractivity contribution in [2.75, 3.05) is 19.6 Å². The van der Waals surface area contributed by atoms with Gasteiger partial charge in [0.15, 0.2) is 0 Å². The summed E-state index contributed by atoms with van der Waals surface area (Å²) in [7, 11) is 0. The van der Waals surface area contributed by atoms with E-state index in [0.717, 1.165) is 17.1 Å². The van der Waals surface area contributed by atoms with Crippen molar-refractivity contribution in [2.45, 2.75) is 32.6 Å². The number of carbonyl (C=O) groups excluding carboxylic acids is 1. The molecule has 0 aliphatic carbocycles. The zero-order chi connectivity index (χ0) is 15.4. The van der Waals surface area contributed by atoms with Gasteiger partial charge in [0.05, 0.1) is 10.9 Å². The molecule has 0 bridgehead atoms. The highest BCUT2D eigenvalue weighted by atomic mass is 32.1. The Morgan fingerprint density at radius 3 is 3.00 bits per heavy atom. The number of carboxylic acids is 1. The summed E-state index contributed by atoms with van der Waals surface area (Å²) in [6.45, 7) is 5.41. The van der Waals surface area contributed by atoms with E-state index in [-0.39, 0.29) is 11.9 Å². The highest BCUT2D eigenvalue weighted by molar-refractivity contribution is 7.09. The van der Waals surface area contributed by atoms with Gasteiger partial charge in [-0.1, -0.05) is 6.92 Å². The zero-order valence-corrected chi connectivity index (χ0v) is 13.2. The van der Waals surface area contributed by atoms with Crippen LogP contribution in [0, 0.1) is 12.8 Å². The maximum Gasteiger partial charge on any atom is 0.317 e. The molecule has 1 aliphatic heterocycles. The SMILES string of the molecule is Cc1csc(C(C)CNC(=O)N2CCCC(C(=O)O)C2)n1. The summed E-state index contributed by atoms with van der Waals surface area (Å²) in [4.78, 5) is 29.1. The van der Waals surface area contributed by atoms with Gasteiger partial charge in [-0.05, 0) is 19.8 Å². The second-order valence-electron chi connectivity index (χ2n) is 5.54. The second kappa shape index (κ2) is 6.89. The van der Waals surface area contributed by atoms with E-state index in [9.17, 15) is 9.59 Å². The third-order valence-corrected chi connectivity index (χ3v) is 4.87. The topological polar surface area (TPSA) is 82.5 Å². The van der Waals surface area contributed by atoms with Gasteiger partial charge in [0.1, 0.15) is 0 Å². The molecule has 116 valence electrons. The fourth-order valence-corrected chi connectivity index (χ4v) is 3.26. The Bertz CT molecular complexity index is 517. The number of thiazole rings is 1. The van der Waals surface area contributed by atoms with E-state index < -0.39 is 11.9 Å². The third kappa shape index (κ3) is 4.17. The lowest BCUT2D eigenvalue weighted by Gasteiger charge is -2.31. The smallest absolute Gasteiger partial charge is 0.317 e. The largest absolute Gasteiger partial charge is 0.481 e. The highest BCUT2D eigenvalue weighted by Gasteiger charge is 2.28. The monoisotopic (exact) mass is 311 g/mol. The van der Waals surface area contributed by atoms with Crippen LogP contribution in [0.1, 0.15) is 36.4 Å². The summed E-state index contributed by atoms with van der Waals surface area (Å²) >= 11 is 1.60. The number of nitrogens with one attached hydrogen (secondary N) is 1. The minimum absolute atomic E-state index is 0.160. The number of carbonyl (C=O) groups is 2. The van der Waals surface area contributed by atoms with Crippen molar-refractivity contribution in [1.82, 2.24) is 15.2 Å². The lowest BCUT2D eigenvalue weighted by molar-refractivity contribution is -0.143. The number of rotatable bonds is 4. The number of hydrogen-bond donors (Lipinski definition) is 2. The minimum Gasteiger partial charge on any atom is -0.481 e. The van der Waals surface area contributed by atoms with Crippen LogP contribution >= 0.6 is 11.3 Å². The maximum absolute atomic E-state index is 12.1. The first kappa shape index (κ1) is 15.8. The molecule has 1 aromatic rings. The predicted molar refractivity (Wildman–Crippen MR) is 80.6 cm³/mol. The molecule has 1 fully saturated rings. The van der Waals surface area contributed by atoms with Crippen LogP contribution in [-0.4, -0.2) is 46.6 Å². The van der Waals surface area contributed by atoms with Gasteiger partial charge < -0.3 is 15.3 Å². The van der Waals surface area contributed by atoms with Crippen molar-refractivity contribution < 1.29 is 14.7 Å². The number of likely N-dealkylation sites (tertiary alicyclic amines) is 1. The molecule has 0 spiro atoms. The van der Waals surface area contributed by atoms with Gasteiger partial charge in [-0.2, -0.15) is 0 Å². The van der Waals surface area contributed by atoms with Crippen molar-refractivity contribution in [3.63, 3.8) is 0 Å². The Kier molecular flexibility index (Phi) is 5.17. The normalized spacial score (nSPS) is 20.1. The Morgan fingerprint density at radius 2 is 2.38 bits per heavy atom. The maximum atomic E-state index is 12.1. The van der Waals surface area contributed by atoms with E-state index in [1.54, 1.807) is 16.2 Å². The van der Waals surface area contributed by atoms with Gasteiger partial charge in [0.2, 0.25) is 0 Å². The first-order valence-electron chi connectivity index (χ1n) is 7.15. The average Bonchev–Trinajstić information content (AvgIpc) is 2.91. The lowest BCUT2D eigenvalue weighted by Crippen LogP contribution is -2.47. The summed E-state index contributed by atoms with van der Waals surface area (Å²) in [5.41, 5.74) is 0.994. The van der Waals surface area contributed by atoms with Crippen molar-refractivity contribution in [2.24, 2.45) is 5.92 Å². The van der Waals surface area contributed by atoms with Crippen LogP contribution in [0.25, 0.3) is 0 Å². The molecule has 0 radical (unpaired) electrons. The molecule has 0 aromatic carbocycles. The Hall–Kier alpha value is -1.63. The molecule has 2 rings (SSSR count). The van der Waals surface area contributed by atoms with E-state index in [0.29, 0.717) is 26.1 Å². The van der Waals surface area contributed by atoms with Crippen molar-refractivity contribution in [1.29, 1.82) is 0 Å². The van der Waals surface area contributed by atoms with Crippen LogP contribution < -0.4 is 5.32 Å². The summed E-state index contributed by atoms with van der Waals surface area (Å²) in [6, 6.07) is -0.180. The van der Waals surface area contributed by atoms with Crippen LogP contribution in [0.4, 0.5) is 4.79 Å². The number of hydrogen-bond acceptors (Lipinski definition) is 4. The zero-order valence-electron chi connectivity index (χ0n) is 12.3. The van der Waals surface area contributed by atoms with E-state index in [4.69, 9.17) is 5.11 Å². The molecule has 7 heteroatoms. The Balaban J connectivity index is 1.82. The van der Waals surface area contributed by atoms with Crippen LogP contribution in [0.15, 0.2) is 5.38 Å². The van der Waals surface area contributed by atoms with Gasteiger partial charge in [0.25, 0.3) is 0 Å². The number of aryl methyl sites for hydroxylation is 1. The quantitative estimate of drug-likeness (QED) is 0.891. The molecular formula is C14H21N3O3S. The standard InChI is InChI=1S/C14H21N3O3S/c1-9(12-16-10(2)8-21-12)6-15-14(20)17-5-3-4-11(7-17)13(18)19/h8-9,11H,3-7H2,1-2H3,(H,15,20)(H,18,19). The van der Waals surface area contributed by atoms with Crippen LogP contribution in [0.5, 0.6) is 0 Å². The molecule has 21 heavy (non-hydrogen) atoms. The van der Waals surface area contributed by atoms with Gasteiger partial charge in [0, 0.05) is 36.6 Å². The third-order valence-electron chi connectivity index (χ3n) is 3.68. The number of urea groups is 1. The summed E-state index contributed by atoms with van der Waals surface area (Å²) in [5, 5.41) is 14.9. The Labute approximate surface area is 128 Å². The molecule has 1 aliphatic rings. The minimum atomic E-state index is -0.820. The Morgan fingerprint density at radius 1 is 1.62 bits per heavy atom. The van der Waals surface area contributed by atoms with Crippen LogP contribution in [-0.2, 0) is 4.79 Å². The fraction of sp³-hybridized carbons (Fsp3) is 0.643. The first-order valence-corrected chi connectivity index (χ1v) is 8.03. The van der Waals surface area contributed by atoms with Crippen molar-refractivity contribution >= 4 is 23.3 Å². The van der Waals surface area contributed by atoms with E-state index >= 15 is 0 Å². The van der Waals surface area contributed by atoms with E-state index in [2.05, 4.69) is 10.3 Å². The molecule has 2 N–H and O–H groups in total. The molecule has 1 aromatic heterocycles. The second-order valence-corrected chi connectivity index (χ2v) is 6.43. The number of aliphatic carboxylic acids is 1. The summed E-state index contributed by atoms with van der Waals surface area (Å²) < 4.78 is 0. The van der Waals surface area contributed by atoms with E-state index in [1.165, 1.54) is 0 Å². The van der Waals surface area contributed by atoms with Crippen LogP contribution in [0.2, 0.25) is 0 Å². The van der Waals surface area contributed by atoms with Gasteiger partial charge in [-0.3, -0.25) is 4.79 Å². The van der Waals surface area contributed by atoms with Gasteiger partial charge in [-0.15, -0.1) is 11.3 Å². The molecular weight excluding hydrogens is 290 g/mol. The fourth-order valence-electron chi connectivity index (χ4n) is 2.40. The average molecular weight is 311 g/mol. The number of aromatic nitrogens is 1. The molecule has 0 saturated carbocycles. The molecule has 6 nitrogen and oxygen atoms in total. The van der Waals surface area contributed by atoms with Gasteiger partial charge >= 0.3 is 12.0 Å². The summed E-state index contributed by atoms with van der Waals surface area (Å²) in [5.74, 6) is -1.10. The summed E-state index contributed by atoms with van der Waals surface area (Å²) in [6.07, 6.45) is 1.39. The number of piperidine rings is 1. The number of amides is 2. The van der Waals surface area contributed by atoms with Crippen LogP contribution in [0.3, 0.4) is 0 Å². The van der Waals surface area contributed by atoms with Crippen molar-refractivity contribution in [3.05, 3.63) is 16.1 Å². The molecule has 2 unspecified atom stereocenters. The number of carboxylic acid groups (broad SMARTS) is 1. The molecule has 2 heterocycles. The number of nitrogens with zero attached hydrogens (tertiary/aromatic N) is 2. The highest BCUT2D eigenvalue weighted by Crippen LogP contribution is 2.20. The molecule has 2 amide bonds. The first-order chi connectivity index (χ1) is 9.97.